The van der Waals surface area contributed by atoms with Gasteiger partial charge < -0.3 is 4.90 Å². The number of amides is 1. The molecular formula is C20H16N4OS. The fourth-order valence-corrected chi connectivity index (χ4v) is 3.50. The van der Waals surface area contributed by atoms with Crippen LogP contribution < -0.4 is 0 Å². The summed E-state index contributed by atoms with van der Waals surface area (Å²) in [7, 11) is 1.79. The van der Waals surface area contributed by atoms with Gasteiger partial charge in [0, 0.05) is 47.5 Å². The van der Waals surface area contributed by atoms with E-state index in [0.717, 1.165) is 27.2 Å². The maximum absolute atomic E-state index is 12.6. The Labute approximate surface area is 155 Å². The molecule has 0 atom stereocenters. The molecule has 0 bridgehead atoms. The van der Waals surface area contributed by atoms with Crippen molar-refractivity contribution in [3.8, 4) is 11.3 Å². The molecule has 5 nitrogen and oxygen atoms in total. The van der Waals surface area contributed by atoms with E-state index >= 15 is 0 Å². The Morgan fingerprint density at radius 2 is 1.85 bits per heavy atom. The molecular weight excluding hydrogens is 344 g/mol. The minimum atomic E-state index is -0.0284. The van der Waals surface area contributed by atoms with E-state index in [1.807, 2.05) is 47.8 Å². The standard InChI is InChI=1S/C20H16N4OS/c1-24(13-18-22-11-12-26-18)20(25)15-6-4-14(5-7-15)19-16-3-2-9-21-17(16)8-10-23-19/h2-12H,13H2,1H3. The molecule has 4 rings (SSSR count). The normalized spacial score (nSPS) is 10.8. The predicted octanol–water partition coefficient (Wildman–Crippen LogP) is 4.03. The Balaban J connectivity index is 1.59. The lowest BCUT2D eigenvalue weighted by Gasteiger charge is -2.16. The third-order valence-corrected chi connectivity index (χ3v) is 4.90. The van der Waals surface area contributed by atoms with Gasteiger partial charge in [-0.05, 0) is 30.3 Å². The Bertz CT molecular complexity index is 1040. The Morgan fingerprint density at radius 1 is 1.00 bits per heavy atom. The summed E-state index contributed by atoms with van der Waals surface area (Å²) in [6.07, 6.45) is 5.27. The molecule has 3 aromatic heterocycles. The van der Waals surface area contributed by atoms with E-state index in [1.54, 1.807) is 41.9 Å². The van der Waals surface area contributed by atoms with Crippen LogP contribution in [0, 0.1) is 0 Å². The van der Waals surface area contributed by atoms with Crippen molar-refractivity contribution >= 4 is 28.1 Å². The first-order valence-electron chi connectivity index (χ1n) is 8.16. The van der Waals surface area contributed by atoms with Gasteiger partial charge in [0.15, 0.2) is 0 Å². The van der Waals surface area contributed by atoms with Gasteiger partial charge in [-0.3, -0.25) is 14.8 Å². The van der Waals surface area contributed by atoms with Crippen molar-refractivity contribution in [2.24, 2.45) is 0 Å². The van der Waals surface area contributed by atoms with Gasteiger partial charge in [0.05, 0.1) is 17.8 Å². The molecule has 0 fully saturated rings. The highest BCUT2D eigenvalue weighted by atomic mass is 32.1. The predicted molar refractivity (Wildman–Crippen MR) is 103 cm³/mol. The summed E-state index contributed by atoms with van der Waals surface area (Å²) >= 11 is 1.55. The van der Waals surface area contributed by atoms with Gasteiger partial charge in [-0.1, -0.05) is 12.1 Å². The fraction of sp³-hybridized carbons (Fsp3) is 0.100. The lowest BCUT2D eigenvalue weighted by Crippen LogP contribution is -2.26. The zero-order valence-electron chi connectivity index (χ0n) is 14.2. The van der Waals surface area contributed by atoms with Crippen molar-refractivity contribution in [3.05, 3.63) is 77.0 Å². The molecule has 0 N–H and O–H groups in total. The molecule has 0 aliphatic rings. The number of benzene rings is 1. The SMILES string of the molecule is CN(Cc1nccs1)C(=O)c1ccc(-c2nccc3ncccc23)cc1. The summed E-state index contributed by atoms with van der Waals surface area (Å²) in [4.78, 5) is 27.4. The van der Waals surface area contributed by atoms with Crippen molar-refractivity contribution in [3.63, 3.8) is 0 Å². The molecule has 0 saturated heterocycles. The van der Waals surface area contributed by atoms with Gasteiger partial charge in [0.1, 0.15) is 5.01 Å². The van der Waals surface area contributed by atoms with E-state index in [1.165, 1.54) is 0 Å². The minimum Gasteiger partial charge on any atom is -0.335 e. The van der Waals surface area contributed by atoms with Gasteiger partial charge >= 0.3 is 0 Å². The number of hydrogen-bond donors (Lipinski definition) is 0. The first kappa shape index (κ1) is 16.4. The Kier molecular flexibility index (Phi) is 4.41. The summed E-state index contributed by atoms with van der Waals surface area (Å²) in [5.41, 5.74) is 3.38. The maximum atomic E-state index is 12.6. The number of fused-ring (bicyclic) bond motifs is 1. The van der Waals surface area contributed by atoms with E-state index in [4.69, 9.17) is 0 Å². The second-order valence-corrected chi connectivity index (χ2v) is 6.87. The number of carbonyl (C=O) groups is 1. The molecule has 0 saturated carbocycles. The molecule has 0 radical (unpaired) electrons. The van der Waals surface area contributed by atoms with Gasteiger partial charge in [0.25, 0.3) is 5.91 Å². The third kappa shape index (κ3) is 3.19. The molecule has 4 aromatic rings. The fourth-order valence-electron chi connectivity index (χ4n) is 2.83. The quantitative estimate of drug-likeness (QED) is 0.551. The highest BCUT2D eigenvalue weighted by Crippen LogP contribution is 2.25. The number of nitrogens with zero attached hydrogens (tertiary/aromatic N) is 4. The number of pyridine rings is 2. The van der Waals surface area contributed by atoms with Crippen LogP contribution in [0.2, 0.25) is 0 Å². The lowest BCUT2D eigenvalue weighted by molar-refractivity contribution is 0.0785. The van der Waals surface area contributed by atoms with Crippen molar-refractivity contribution in [1.29, 1.82) is 0 Å². The molecule has 6 heteroatoms. The van der Waals surface area contributed by atoms with Crippen LogP contribution in [0.25, 0.3) is 22.2 Å². The van der Waals surface area contributed by atoms with E-state index in [9.17, 15) is 4.79 Å². The number of carbonyl (C=O) groups excluding carboxylic acids is 1. The molecule has 0 aliphatic heterocycles. The molecule has 0 spiro atoms. The van der Waals surface area contributed by atoms with Crippen LogP contribution >= 0.6 is 11.3 Å². The van der Waals surface area contributed by atoms with Crippen molar-refractivity contribution in [2.75, 3.05) is 7.05 Å². The maximum Gasteiger partial charge on any atom is 0.253 e. The van der Waals surface area contributed by atoms with Crippen LogP contribution in [0.5, 0.6) is 0 Å². The lowest BCUT2D eigenvalue weighted by atomic mass is 10.0. The topological polar surface area (TPSA) is 59.0 Å². The van der Waals surface area contributed by atoms with Crippen molar-refractivity contribution in [2.45, 2.75) is 6.54 Å². The van der Waals surface area contributed by atoms with Crippen molar-refractivity contribution in [1.82, 2.24) is 19.9 Å². The van der Waals surface area contributed by atoms with Crippen LogP contribution in [0.4, 0.5) is 0 Å². The summed E-state index contributed by atoms with van der Waals surface area (Å²) in [6.45, 7) is 0.509. The van der Waals surface area contributed by atoms with Crippen LogP contribution in [0.15, 0.2) is 66.4 Å². The van der Waals surface area contributed by atoms with E-state index < -0.39 is 0 Å². The number of rotatable bonds is 4. The molecule has 1 amide bonds. The van der Waals surface area contributed by atoms with Crippen LogP contribution in [0.1, 0.15) is 15.4 Å². The van der Waals surface area contributed by atoms with Crippen molar-refractivity contribution < 1.29 is 4.79 Å². The summed E-state index contributed by atoms with van der Waals surface area (Å²) in [5, 5.41) is 3.83. The Morgan fingerprint density at radius 3 is 2.62 bits per heavy atom. The van der Waals surface area contributed by atoms with Gasteiger partial charge in [-0.25, -0.2) is 4.98 Å². The van der Waals surface area contributed by atoms with E-state index in [2.05, 4.69) is 15.0 Å². The zero-order valence-corrected chi connectivity index (χ0v) is 15.0. The van der Waals surface area contributed by atoms with Gasteiger partial charge in [0.2, 0.25) is 0 Å². The average Bonchev–Trinajstić information content (AvgIpc) is 3.20. The molecule has 26 heavy (non-hydrogen) atoms. The van der Waals surface area contributed by atoms with Gasteiger partial charge in [-0.2, -0.15) is 0 Å². The molecule has 128 valence electrons. The van der Waals surface area contributed by atoms with Gasteiger partial charge in [-0.15, -0.1) is 11.3 Å². The monoisotopic (exact) mass is 360 g/mol. The first-order chi connectivity index (χ1) is 12.7. The number of hydrogen-bond acceptors (Lipinski definition) is 5. The Hall–Kier alpha value is -3.12. The van der Waals surface area contributed by atoms with E-state index in [0.29, 0.717) is 12.1 Å². The summed E-state index contributed by atoms with van der Waals surface area (Å²) in [5.74, 6) is -0.0284. The van der Waals surface area contributed by atoms with Crippen LogP contribution in [-0.2, 0) is 6.54 Å². The third-order valence-electron chi connectivity index (χ3n) is 4.14. The highest BCUT2D eigenvalue weighted by Gasteiger charge is 2.14. The smallest absolute Gasteiger partial charge is 0.253 e. The summed E-state index contributed by atoms with van der Waals surface area (Å²) < 4.78 is 0. The molecule has 1 aromatic carbocycles. The van der Waals surface area contributed by atoms with Crippen LogP contribution in [0.3, 0.4) is 0 Å². The molecule has 0 aliphatic carbocycles. The zero-order chi connectivity index (χ0) is 17.9. The summed E-state index contributed by atoms with van der Waals surface area (Å²) in [6, 6.07) is 13.3. The highest BCUT2D eigenvalue weighted by molar-refractivity contribution is 7.09. The van der Waals surface area contributed by atoms with E-state index in [-0.39, 0.29) is 5.91 Å². The first-order valence-corrected chi connectivity index (χ1v) is 9.04. The molecule has 3 heterocycles. The average molecular weight is 360 g/mol. The second-order valence-electron chi connectivity index (χ2n) is 5.89. The molecule has 0 unspecified atom stereocenters. The van der Waals surface area contributed by atoms with Crippen LogP contribution in [-0.4, -0.2) is 32.8 Å². The minimum absolute atomic E-state index is 0.0284. The second kappa shape index (κ2) is 7.01. The number of aromatic nitrogens is 3. The number of thiazole rings is 1. The largest absolute Gasteiger partial charge is 0.335 e.